The first-order valence-electron chi connectivity index (χ1n) is 7.98. The maximum atomic E-state index is 12.7. The van der Waals surface area contributed by atoms with E-state index in [4.69, 9.17) is 11.6 Å². The van der Waals surface area contributed by atoms with Crippen LogP contribution in [0.5, 0.6) is 0 Å². The summed E-state index contributed by atoms with van der Waals surface area (Å²) < 4.78 is 0. The van der Waals surface area contributed by atoms with Crippen molar-refractivity contribution < 1.29 is 9.59 Å². The van der Waals surface area contributed by atoms with Crippen molar-refractivity contribution in [3.63, 3.8) is 0 Å². The number of nitrogens with zero attached hydrogens (tertiary/aromatic N) is 1. The quantitative estimate of drug-likeness (QED) is 0.678. The Labute approximate surface area is 161 Å². The van der Waals surface area contributed by atoms with Crippen LogP contribution in [0.1, 0.15) is 25.6 Å². The van der Waals surface area contributed by atoms with E-state index in [0.29, 0.717) is 27.7 Å². The van der Waals surface area contributed by atoms with Crippen LogP contribution >= 0.6 is 22.9 Å². The van der Waals surface area contributed by atoms with Crippen LogP contribution < -0.4 is 5.32 Å². The average Bonchev–Trinajstić information content (AvgIpc) is 3.18. The van der Waals surface area contributed by atoms with Crippen molar-refractivity contribution in [2.75, 3.05) is 12.4 Å². The molecule has 2 amide bonds. The second kappa shape index (κ2) is 8.17. The molecule has 0 unspecified atom stereocenters. The Balaban J connectivity index is 1.75. The molecule has 0 atom stereocenters. The van der Waals surface area contributed by atoms with Gasteiger partial charge in [0.25, 0.3) is 11.8 Å². The lowest BCUT2D eigenvalue weighted by atomic mass is 10.1. The third kappa shape index (κ3) is 4.31. The van der Waals surface area contributed by atoms with Crippen LogP contribution in [-0.2, 0) is 6.54 Å². The minimum absolute atomic E-state index is 0.142. The number of carbonyl (C=O) groups is 2. The second-order valence-electron chi connectivity index (χ2n) is 5.77. The minimum atomic E-state index is -0.246. The van der Waals surface area contributed by atoms with Crippen molar-refractivity contribution in [1.82, 2.24) is 4.90 Å². The van der Waals surface area contributed by atoms with Crippen LogP contribution in [-0.4, -0.2) is 23.8 Å². The molecule has 1 aromatic heterocycles. The molecule has 0 saturated heterocycles. The number of hydrogen-bond acceptors (Lipinski definition) is 3. The van der Waals surface area contributed by atoms with E-state index in [1.165, 1.54) is 11.3 Å². The molecular weight excluding hydrogens is 368 g/mol. The summed E-state index contributed by atoms with van der Waals surface area (Å²) in [5.41, 5.74) is 1.93. The highest BCUT2D eigenvalue weighted by atomic mass is 35.5. The lowest BCUT2D eigenvalue weighted by Gasteiger charge is -2.18. The summed E-state index contributed by atoms with van der Waals surface area (Å²) >= 11 is 7.52. The largest absolute Gasteiger partial charge is 0.337 e. The van der Waals surface area contributed by atoms with E-state index < -0.39 is 0 Å². The molecule has 0 aliphatic carbocycles. The van der Waals surface area contributed by atoms with Gasteiger partial charge in [-0.05, 0) is 35.2 Å². The summed E-state index contributed by atoms with van der Waals surface area (Å²) in [7, 11) is 1.74. The predicted octanol–water partition coefficient (Wildman–Crippen LogP) is 4.93. The lowest BCUT2D eigenvalue weighted by Crippen LogP contribution is -2.26. The van der Waals surface area contributed by atoms with Gasteiger partial charge >= 0.3 is 0 Å². The van der Waals surface area contributed by atoms with Gasteiger partial charge in [0.05, 0.1) is 15.6 Å². The van der Waals surface area contributed by atoms with E-state index in [2.05, 4.69) is 5.32 Å². The van der Waals surface area contributed by atoms with E-state index in [1.54, 1.807) is 42.3 Å². The molecule has 0 bridgehead atoms. The van der Waals surface area contributed by atoms with E-state index in [1.807, 2.05) is 35.7 Å². The molecule has 132 valence electrons. The number of thiophene rings is 1. The fourth-order valence-electron chi connectivity index (χ4n) is 2.50. The highest BCUT2D eigenvalue weighted by Crippen LogP contribution is 2.25. The number of anilines is 1. The highest BCUT2D eigenvalue weighted by Gasteiger charge is 2.16. The number of rotatable bonds is 5. The van der Waals surface area contributed by atoms with Crippen molar-refractivity contribution in [3.05, 3.63) is 87.1 Å². The molecule has 3 aromatic rings. The van der Waals surface area contributed by atoms with Crippen LogP contribution in [0.3, 0.4) is 0 Å². The number of benzene rings is 2. The van der Waals surface area contributed by atoms with Gasteiger partial charge in [-0.2, -0.15) is 0 Å². The summed E-state index contributed by atoms with van der Waals surface area (Å²) in [4.78, 5) is 27.1. The van der Waals surface area contributed by atoms with Crippen molar-refractivity contribution >= 4 is 40.4 Å². The highest BCUT2D eigenvalue weighted by molar-refractivity contribution is 7.12. The molecule has 6 heteroatoms. The summed E-state index contributed by atoms with van der Waals surface area (Å²) in [6.45, 7) is 0.499. The first-order chi connectivity index (χ1) is 12.5. The van der Waals surface area contributed by atoms with Crippen molar-refractivity contribution in [1.29, 1.82) is 0 Å². The topological polar surface area (TPSA) is 49.4 Å². The zero-order valence-electron chi connectivity index (χ0n) is 14.1. The zero-order valence-corrected chi connectivity index (χ0v) is 15.7. The third-order valence-corrected chi connectivity index (χ3v) is 5.01. The molecule has 3 rings (SSSR count). The number of carbonyl (C=O) groups excluding carboxylic acids is 2. The normalized spacial score (nSPS) is 10.4. The molecule has 0 saturated carbocycles. The van der Waals surface area contributed by atoms with Gasteiger partial charge in [-0.3, -0.25) is 9.59 Å². The van der Waals surface area contributed by atoms with Gasteiger partial charge in [0.15, 0.2) is 0 Å². The molecule has 0 aliphatic heterocycles. The monoisotopic (exact) mass is 384 g/mol. The SMILES string of the molecule is CN(Cc1ccccc1)C(=O)c1ccc(Cl)c(NC(=O)c2cccs2)c1. The fraction of sp³-hybridized carbons (Fsp3) is 0.100. The molecule has 1 heterocycles. The van der Waals surface area contributed by atoms with Gasteiger partial charge in [-0.1, -0.05) is 48.0 Å². The number of amides is 2. The molecule has 0 spiro atoms. The van der Waals surface area contributed by atoms with Crippen LogP contribution in [0.4, 0.5) is 5.69 Å². The van der Waals surface area contributed by atoms with E-state index in [0.717, 1.165) is 5.56 Å². The van der Waals surface area contributed by atoms with Gasteiger partial charge in [0.2, 0.25) is 0 Å². The Morgan fingerprint density at radius 2 is 1.85 bits per heavy atom. The van der Waals surface area contributed by atoms with Gasteiger partial charge in [-0.25, -0.2) is 0 Å². The van der Waals surface area contributed by atoms with E-state index in [9.17, 15) is 9.59 Å². The van der Waals surface area contributed by atoms with E-state index >= 15 is 0 Å². The standard InChI is InChI=1S/C20H17ClN2O2S/c1-23(13-14-6-3-2-4-7-14)20(25)15-9-10-16(21)17(12-15)22-19(24)18-8-5-11-26-18/h2-12H,13H2,1H3,(H,22,24). The fourth-order valence-corrected chi connectivity index (χ4v) is 3.28. The van der Waals surface area contributed by atoms with E-state index in [-0.39, 0.29) is 11.8 Å². The van der Waals surface area contributed by atoms with Crippen molar-refractivity contribution in [2.45, 2.75) is 6.54 Å². The molecule has 4 nitrogen and oxygen atoms in total. The van der Waals surface area contributed by atoms with Gasteiger partial charge in [0.1, 0.15) is 0 Å². The predicted molar refractivity (Wildman–Crippen MR) is 106 cm³/mol. The Morgan fingerprint density at radius 3 is 2.54 bits per heavy atom. The van der Waals surface area contributed by atoms with Crippen LogP contribution in [0.15, 0.2) is 66.0 Å². The Bertz CT molecular complexity index is 911. The number of hydrogen-bond donors (Lipinski definition) is 1. The summed E-state index contributed by atoms with van der Waals surface area (Å²) in [5.74, 6) is -0.388. The van der Waals surface area contributed by atoms with Gasteiger partial charge < -0.3 is 10.2 Å². The summed E-state index contributed by atoms with van der Waals surface area (Å²) in [6.07, 6.45) is 0. The molecule has 0 radical (unpaired) electrons. The first-order valence-corrected chi connectivity index (χ1v) is 9.24. The molecule has 26 heavy (non-hydrogen) atoms. The second-order valence-corrected chi connectivity index (χ2v) is 7.13. The zero-order chi connectivity index (χ0) is 18.5. The number of halogens is 1. The molecule has 0 aliphatic rings. The molecular formula is C20H17ClN2O2S. The van der Waals surface area contributed by atoms with Gasteiger partial charge in [0, 0.05) is 19.2 Å². The van der Waals surface area contributed by atoms with Crippen LogP contribution in [0, 0.1) is 0 Å². The van der Waals surface area contributed by atoms with Crippen molar-refractivity contribution in [3.8, 4) is 0 Å². The Kier molecular flexibility index (Phi) is 5.71. The summed E-state index contributed by atoms with van der Waals surface area (Å²) in [6, 6.07) is 18.2. The molecule has 2 aromatic carbocycles. The van der Waals surface area contributed by atoms with Crippen molar-refractivity contribution in [2.24, 2.45) is 0 Å². The first kappa shape index (κ1) is 18.2. The average molecular weight is 385 g/mol. The minimum Gasteiger partial charge on any atom is -0.337 e. The van der Waals surface area contributed by atoms with Gasteiger partial charge in [-0.15, -0.1) is 11.3 Å². The third-order valence-electron chi connectivity index (χ3n) is 3.82. The maximum Gasteiger partial charge on any atom is 0.265 e. The Hall–Kier alpha value is -2.63. The lowest BCUT2D eigenvalue weighted by molar-refractivity contribution is 0.0785. The summed E-state index contributed by atoms with van der Waals surface area (Å²) in [5, 5.41) is 4.98. The van der Waals surface area contributed by atoms with Crippen LogP contribution in [0.2, 0.25) is 5.02 Å². The maximum absolute atomic E-state index is 12.7. The smallest absolute Gasteiger partial charge is 0.265 e. The molecule has 0 fully saturated rings. The van der Waals surface area contributed by atoms with Crippen LogP contribution in [0.25, 0.3) is 0 Å². The number of nitrogens with one attached hydrogen (secondary N) is 1. The molecule has 1 N–H and O–H groups in total. The Morgan fingerprint density at radius 1 is 1.08 bits per heavy atom.